The SMILES string of the molecule is Cl.Cl.O=C(NCC(c1cccs1)N1CCOCC1)[C@@]12CCCC[C@H]1CNC2. The van der Waals surface area contributed by atoms with Crippen LogP contribution >= 0.6 is 36.2 Å². The van der Waals surface area contributed by atoms with Gasteiger partial charge in [-0.25, -0.2) is 0 Å². The lowest BCUT2D eigenvalue weighted by Crippen LogP contribution is -2.50. The van der Waals surface area contributed by atoms with Gasteiger partial charge in [-0.2, -0.15) is 0 Å². The van der Waals surface area contributed by atoms with E-state index in [1.165, 1.54) is 24.1 Å². The zero-order valence-electron chi connectivity index (χ0n) is 15.7. The van der Waals surface area contributed by atoms with Crippen LogP contribution in [0.2, 0.25) is 0 Å². The fourth-order valence-corrected chi connectivity index (χ4v) is 5.70. The highest BCUT2D eigenvalue weighted by Crippen LogP contribution is 2.44. The van der Waals surface area contributed by atoms with E-state index in [-0.39, 0.29) is 42.2 Å². The Morgan fingerprint density at radius 3 is 2.93 bits per heavy atom. The molecule has 0 aromatic carbocycles. The van der Waals surface area contributed by atoms with E-state index < -0.39 is 0 Å². The lowest BCUT2D eigenvalue weighted by Gasteiger charge is -2.38. The molecule has 1 aliphatic carbocycles. The quantitative estimate of drug-likeness (QED) is 0.746. The number of fused-ring (bicyclic) bond motifs is 1. The Hall–Kier alpha value is -0.370. The van der Waals surface area contributed by atoms with E-state index in [2.05, 4.69) is 33.0 Å². The number of hydrogen-bond acceptors (Lipinski definition) is 5. The topological polar surface area (TPSA) is 53.6 Å². The number of ether oxygens (including phenoxy) is 1. The molecule has 2 saturated heterocycles. The van der Waals surface area contributed by atoms with Gasteiger partial charge in [-0.1, -0.05) is 18.9 Å². The van der Waals surface area contributed by atoms with E-state index in [9.17, 15) is 4.79 Å². The number of halogens is 2. The largest absolute Gasteiger partial charge is 0.379 e. The Morgan fingerprint density at radius 1 is 1.37 bits per heavy atom. The van der Waals surface area contributed by atoms with Crippen molar-refractivity contribution in [3.63, 3.8) is 0 Å². The molecule has 27 heavy (non-hydrogen) atoms. The van der Waals surface area contributed by atoms with E-state index in [1.54, 1.807) is 11.3 Å². The molecule has 154 valence electrons. The number of carbonyl (C=O) groups excluding carboxylic acids is 1. The van der Waals surface area contributed by atoms with Crippen molar-refractivity contribution < 1.29 is 9.53 Å². The summed E-state index contributed by atoms with van der Waals surface area (Å²) in [5.74, 6) is 0.793. The van der Waals surface area contributed by atoms with Crippen LogP contribution in [0.5, 0.6) is 0 Å². The second-order valence-corrected chi connectivity index (χ2v) is 8.60. The van der Waals surface area contributed by atoms with Crippen LogP contribution in [-0.4, -0.2) is 56.7 Å². The summed E-state index contributed by atoms with van der Waals surface area (Å²) >= 11 is 1.78. The van der Waals surface area contributed by atoms with E-state index in [0.29, 0.717) is 12.5 Å². The Morgan fingerprint density at radius 2 is 2.19 bits per heavy atom. The number of nitrogens with zero attached hydrogens (tertiary/aromatic N) is 1. The van der Waals surface area contributed by atoms with Crippen LogP contribution in [0.15, 0.2) is 17.5 Å². The van der Waals surface area contributed by atoms with Crippen molar-refractivity contribution >= 4 is 42.1 Å². The first-order valence-electron chi connectivity index (χ1n) is 9.64. The Kier molecular flexibility index (Phi) is 8.84. The molecule has 3 heterocycles. The van der Waals surface area contributed by atoms with Crippen molar-refractivity contribution in [1.82, 2.24) is 15.5 Å². The van der Waals surface area contributed by atoms with Gasteiger partial charge in [0.25, 0.3) is 0 Å². The highest BCUT2D eigenvalue weighted by Gasteiger charge is 2.49. The fraction of sp³-hybridized carbons (Fsp3) is 0.737. The standard InChI is InChI=1S/C19H29N3O2S.2ClH/c23-18(19-6-2-1-4-15(19)12-20-14-19)21-13-16(17-5-3-11-25-17)22-7-9-24-10-8-22;;/h3,5,11,15-16,20H,1-2,4,6-10,12-14H2,(H,21,23);2*1H/t15-,16?,19+;;/m0../s1. The monoisotopic (exact) mass is 435 g/mol. The summed E-state index contributed by atoms with van der Waals surface area (Å²) in [7, 11) is 0. The Labute approximate surface area is 178 Å². The van der Waals surface area contributed by atoms with Gasteiger partial charge >= 0.3 is 0 Å². The molecule has 2 aliphatic heterocycles. The molecule has 5 nitrogen and oxygen atoms in total. The third kappa shape index (κ3) is 4.80. The summed E-state index contributed by atoms with van der Waals surface area (Å²) in [4.78, 5) is 17.0. The summed E-state index contributed by atoms with van der Waals surface area (Å²) < 4.78 is 5.51. The average Bonchev–Trinajstić information content (AvgIpc) is 3.33. The first-order chi connectivity index (χ1) is 12.3. The van der Waals surface area contributed by atoms with Gasteiger partial charge in [-0.3, -0.25) is 9.69 Å². The smallest absolute Gasteiger partial charge is 0.227 e. The van der Waals surface area contributed by atoms with E-state index >= 15 is 0 Å². The van der Waals surface area contributed by atoms with Gasteiger partial charge < -0.3 is 15.4 Å². The minimum atomic E-state index is -0.163. The Balaban J connectivity index is 0.00000131. The van der Waals surface area contributed by atoms with Crippen LogP contribution < -0.4 is 10.6 Å². The molecule has 8 heteroatoms. The minimum absolute atomic E-state index is 0. The van der Waals surface area contributed by atoms with Crippen molar-refractivity contribution in [2.75, 3.05) is 45.9 Å². The van der Waals surface area contributed by atoms with Crippen molar-refractivity contribution in [1.29, 1.82) is 0 Å². The van der Waals surface area contributed by atoms with Crippen molar-refractivity contribution in [2.45, 2.75) is 31.7 Å². The maximum absolute atomic E-state index is 13.2. The maximum Gasteiger partial charge on any atom is 0.227 e. The molecule has 1 aromatic heterocycles. The van der Waals surface area contributed by atoms with Crippen LogP contribution in [0.4, 0.5) is 0 Å². The van der Waals surface area contributed by atoms with Crippen LogP contribution in [0.1, 0.15) is 36.6 Å². The van der Waals surface area contributed by atoms with Crippen LogP contribution in [0, 0.1) is 11.3 Å². The number of amides is 1. The summed E-state index contributed by atoms with van der Waals surface area (Å²) in [6.07, 6.45) is 4.69. The van der Waals surface area contributed by atoms with Crippen LogP contribution in [-0.2, 0) is 9.53 Å². The summed E-state index contributed by atoms with van der Waals surface area (Å²) in [6, 6.07) is 4.56. The molecule has 3 aliphatic rings. The average molecular weight is 436 g/mol. The number of rotatable bonds is 5. The normalized spacial score (nSPS) is 29.1. The molecule has 1 amide bonds. The van der Waals surface area contributed by atoms with Crippen LogP contribution in [0.25, 0.3) is 0 Å². The molecule has 1 saturated carbocycles. The predicted molar refractivity (Wildman–Crippen MR) is 114 cm³/mol. The van der Waals surface area contributed by atoms with Crippen LogP contribution in [0.3, 0.4) is 0 Å². The zero-order valence-corrected chi connectivity index (χ0v) is 18.1. The number of hydrogen-bond donors (Lipinski definition) is 2. The first kappa shape index (κ1) is 22.9. The van der Waals surface area contributed by atoms with Gasteiger partial charge in [-0.15, -0.1) is 36.2 Å². The van der Waals surface area contributed by atoms with Gasteiger partial charge in [0.2, 0.25) is 5.91 Å². The third-order valence-electron chi connectivity index (χ3n) is 6.30. The molecule has 0 bridgehead atoms. The number of nitrogens with one attached hydrogen (secondary N) is 2. The second kappa shape index (κ2) is 10.4. The van der Waals surface area contributed by atoms with E-state index in [0.717, 1.165) is 45.8 Å². The summed E-state index contributed by atoms with van der Waals surface area (Å²) in [6.45, 7) is 6.00. The number of morpholine rings is 1. The molecule has 3 fully saturated rings. The molecule has 1 unspecified atom stereocenters. The van der Waals surface area contributed by atoms with Gasteiger partial charge in [-0.05, 0) is 36.8 Å². The predicted octanol–water partition coefficient (Wildman–Crippen LogP) is 2.86. The van der Waals surface area contributed by atoms with Crippen molar-refractivity contribution in [3.05, 3.63) is 22.4 Å². The third-order valence-corrected chi connectivity index (χ3v) is 7.28. The van der Waals surface area contributed by atoms with Crippen molar-refractivity contribution in [2.24, 2.45) is 11.3 Å². The highest BCUT2D eigenvalue weighted by molar-refractivity contribution is 7.10. The van der Waals surface area contributed by atoms with Gasteiger partial charge in [0, 0.05) is 31.1 Å². The maximum atomic E-state index is 13.2. The molecule has 4 rings (SSSR count). The minimum Gasteiger partial charge on any atom is -0.379 e. The Bertz CT molecular complexity index is 584. The molecule has 3 atom stereocenters. The fourth-order valence-electron chi connectivity index (χ4n) is 4.84. The van der Waals surface area contributed by atoms with Crippen molar-refractivity contribution in [3.8, 4) is 0 Å². The highest BCUT2D eigenvalue weighted by atomic mass is 35.5. The van der Waals surface area contributed by atoms with Gasteiger partial charge in [0.15, 0.2) is 0 Å². The lowest BCUT2D eigenvalue weighted by atomic mass is 9.67. The molecular formula is C19H31Cl2N3O2S. The van der Waals surface area contributed by atoms with Gasteiger partial charge in [0.05, 0.1) is 24.7 Å². The lowest BCUT2D eigenvalue weighted by molar-refractivity contribution is -0.134. The zero-order chi connectivity index (χ0) is 17.1. The van der Waals surface area contributed by atoms with Gasteiger partial charge in [0.1, 0.15) is 0 Å². The van der Waals surface area contributed by atoms with E-state index in [4.69, 9.17) is 4.74 Å². The summed E-state index contributed by atoms with van der Waals surface area (Å²) in [5, 5.41) is 8.95. The second-order valence-electron chi connectivity index (χ2n) is 7.62. The van der Waals surface area contributed by atoms with E-state index in [1.807, 2.05) is 0 Å². The molecule has 0 radical (unpaired) electrons. The molecule has 2 N–H and O–H groups in total. The first-order valence-corrected chi connectivity index (χ1v) is 10.5. The molecule has 0 spiro atoms. The molecular weight excluding hydrogens is 405 g/mol. The molecule has 1 aromatic rings. The number of thiophene rings is 1. The number of carbonyl (C=O) groups is 1. The summed E-state index contributed by atoms with van der Waals surface area (Å²) in [5.41, 5.74) is -0.163.